The van der Waals surface area contributed by atoms with Crippen LogP contribution in [0.15, 0.2) is 42.7 Å². The Bertz CT molecular complexity index is 535. The van der Waals surface area contributed by atoms with Gasteiger partial charge in [-0.05, 0) is 19.2 Å². The van der Waals surface area contributed by atoms with E-state index in [0.29, 0.717) is 13.1 Å². The molecule has 5 nitrogen and oxygen atoms in total. The first-order valence-corrected chi connectivity index (χ1v) is 6.18. The number of carbonyl (C=O) groups excluding carboxylic acids is 1. The standard InChI is InChI=1S/C14H18N4O/c1-15-9-14(19)17(2)10-12-8-16-18(11-12)13-6-4-3-5-7-13/h3-8,11,15H,9-10H2,1-2H3. The number of hydrogen-bond acceptors (Lipinski definition) is 3. The third kappa shape index (κ3) is 3.42. The van der Waals surface area contributed by atoms with Crippen LogP contribution < -0.4 is 5.32 Å². The van der Waals surface area contributed by atoms with E-state index >= 15 is 0 Å². The van der Waals surface area contributed by atoms with Gasteiger partial charge in [0.1, 0.15) is 0 Å². The zero-order valence-corrected chi connectivity index (χ0v) is 11.2. The maximum absolute atomic E-state index is 11.7. The Morgan fingerprint density at radius 3 is 2.79 bits per heavy atom. The molecule has 0 aliphatic heterocycles. The second kappa shape index (κ2) is 6.15. The van der Waals surface area contributed by atoms with E-state index in [1.165, 1.54) is 0 Å². The molecular formula is C14H18N4O. The largest absolute Gasteiger partial charge is 0.340 e. The van der Waals surface area contributed by atoms with Crippen LogP contribution in [-0.4, -0.2) is 41.2 Å². The van der Waals surface area contributed by atoms with Crippen LogP contribution in [0, 0.1) is 0 Å². The highest BCUT2D eigenvalue weighted by Gasteiger charge is 2.09. The second-order valence-electron chi connectivity index (χ2n) is 4.41. The number of hydrogen-bond donors (Lipinski definition) is 1. The van der Waals surface area contributed by atoms with Crippen LogP contribution in [-0.2, 0) is 11.3 Å². The Morgan fingerprint density at radius 2 is 2.11 bits per heavy atom. The molecule has 0 unspecified atom stereocenters. The first-order valence-electron chi connectivity index (χ1n) is 6.18. The lowest BCUT2D eigenvalue weighted by Gasteiger charge is -2.15. The van der Waals surface area contributed by atoms with Crippen LogP contribution in [0.25, 0.3) is 5.69 Å². The minimum Gasteiger partial charge on any atom is -0.340 e. The summed E-state index contributed by atoms with van der Waals surface area (Å²) in [6.07, 6.45) is 3.73. The molecule has 0 spiro atoms. The van der Waals surface area contributed by atoms with Crippen molar-refractivity contribution in [3.63, 3.8) is 0 Å². The molecule has 5 heteroatoms. The van der Waals surface area contributed by atoms with Crippen LogP contribution in [0.5, 0.6) is 0 Å². The molecule has 0 radical (unpaired) electrons. The lowest BCUT2D eigenvalue weighted by atomic mass is 10.3. The van der Waals surface area contributed by atoms with Crippen LogP contribution >= 0.6 is 0 Å². The van der Waals surface area contributed by atoms with Gasteiger partial charge in [0, 0.05) is 25.4 Å². The van der Waals surface area contributed by atoms with Crippen molar-refractivity contribution < 1.29 is 4.79 Å². The molecule has 1 aromatic carbocycles. The maximum atomic E-state index is 11.7. The molecule has 0 aliphatic rings. The lowest BCUT2D eigenvalue weighted by molar-refractivity contribution is -0.129. The average molecular weight is 258 g/mol. The van der Waals surface area contributed by atoms with E-state index < -0.39 is 0 Å². The average Bonchev–Trinajstić information content (AvgIpc) is 2.88. The summed E-state index contributed by atoms with van der Waals surface area (Å²) in [7, 11) is 3.55. The second-order valence-corrected chi connectivity index (χ2v) is 4.41. The number of benzene rings is 1. The van der Waals surface area contributed by atoms with E-state index in [0.717, 1.165) is 11.3 Å². The third-order valence-corrected chi connectivity index (χ3v) is 2.83. The number of amides is 1. The summed E-state index contributed by atoms with van der Waals surface area (Å²) in [4.78, 5) is 13.3. The van der Waals surface area contributed by atoms with Gasteiger partial charge < -0.3 is 10.2 Å². The fourth-order valence-electron chi connectivity index (χ4n) is 1.81. The Kier molecular flexibility index (Phi) is 4.30. The van der Waals surface area contributed by atoms with E-state index in [2.05, 4.69) is 10.4 Å². The first kappa shape index (κ1) is 13.3. The van der Waals surface area contributed by atoms with Crippen molar-refractivity contribution in [3.8, 4) is 5.69 Å². The Labute approximate surface area is 112 Å². The van der Waals surface area contributed by atoms with E-state index in [4.69, 9.17) is 0 Å². The third-order valence-electron chi connectivity index (χ3n) is 2.83. The quantitative estimate of drug-likeness (QED) is 0.872. The van der Waals surface area contributed by atoms with Crippen LogP contribution in [0.2, 0.25) is 0 Å². The molecule has 0 atom stereocenters. The van der Waals surface area contributed by atoms with E-state index in [-0.39, 0.29) is 5.91 Å². The molecule has 1 aromatic heterocycles. The fourth-order valence-corrected chi connectivity index (χ4v) is 1.81. The molecule has 100 valence electrons. The Balaban J connectivity index is 2.04. The number of rotatable bonds is 5. The zero-order valence-electron chi connectivity index (χ0n) is 11.2. The predicted octanol–water partition coefficient (Wildman–Crippen LogP) is 1.05. The van der Waals surface area contributed by atoms with Gasteiger partial charge in [-0.1, -0.05) is 18.2 Å². The topological polar surface area (TPSA) is 50.2 Å². The maximum Gasteiger partial charge on any atom is 0.236 e. The molecule has 1 N–H and O–H groups in total. The highest BCUT2D eigenvalue weighted by molar-refractivity contribution is 5.77. The molecule has 1 heterocycles. The van der Waals surface area contributed by atoms with Crippen molar-refractivity contribution in [3.05, 3.63) is 48.3 Å². The molecule has 19 heavy (non-hydrogen) atoms. The molecule has 0 fully saturated rings. The van der Waals surface area contributed by atoms with Crippen molar-refractivity contribution in [2.24, 2.45) is 0 Å². The number of aromatic nitrogens is 2. The van der Waals surface area contributed by atoms with Crippen molar-refractivity contribution in [1.82, 2.24) is 20.0 Å². The van der Waals surface area contributed by atoms with Crippen molar-refractivity contribution >= 4 is 5.91 Å². The number of carbonyl (C=O) groups is 1. The van der Waals surface area contributed by atoms with Gasteiger partial charge in [-0.25, -0.2) is 4.68 Å². The molecular weight excluding hydrogens is 240 g/mol. The Hall–Kier alpha value is -2.14. The highest BCUT2D eigenvalue weighted by atomic mass is 16.2. The van der Waals surface area contributed by atoms with Gasteiger partial charge in [0.2, 0.25) is 5.91 Å². The van der Waals surface area contributed by atoms with Gasteiger partial charge in [-0.2, -0.15) is 5.10 Å². The van der Waals surface area contributed by atoms with E-state index in [9.17, 15) is 4.79 Å². The van der Waals surface area contributed by atoms with Crippen LogP contribution in [0.1, 0.15) is 5.56 Å². The highest BCUT2D eigenvalue weighted by Crippen LogP contribution is 2.09. The smallest absolute Gasteiger partial charge is 0.236 e. The molecule has 1 amide bonds. The monoisotopic (exact) mass is 258 g/mol. The lowest BCUT2D eigenvalue weighted by Crippen LogP contribution is -2.33. The number of para-hydroxylation sites is 1. The zero-order chi connectivity index (χ0) is 13.7. The van der Waals surface area contributed by atoms with Crippen molar-refractivity contribution in [1.29, 1.82) is 0 Å². The normalized spacial score (nSPS) is 10.4. The summed E-state index contributed by atoms with van der Waals surface area (Å²) in [5, 5.41) is 7.16. The van der Waals surface area contributed by atoms with Crippen LogP contribution in [0.3, 0.4) is 0 Å². The van der Waals surface area contributed by atoms with Gasteiger partial charge in [-0.3, -0.25) is 4.79 Å². The van der Waals surface area contributed by atoms with Crippen molar-refractivity contribution in [2.75, 3.05) is 20.6 Å². The molecule has 0 saturated carbocycles. The number of likely N-dealkylation sites (N-methyl/N-ethyl adjacent to an activating group) is 2. The van der Waals surface area contributed by atoms with Gasteiger partial charge in [0.15, 0.2) is 0 Å². The minimum absolute atomic E-state index is 0.0648. The molecule has 0 aliphatic carbocycles. The van der Waals surface area contributed by atoms with Crippen LogP contribution in [0.4, 0.5) is 0 Å². The molecule has 0 saturated heterocycles. The number of nitrogens with one attached hydrogen (secondary N) is 1. The van der Waals surface area contributed by atoms with Gasteiger partial charge in [0.05, 0.1) is 18.4 Å². The van der Waals surface area contributed by atoms with E-state index in [1.54, 1.807) is 25.2 Å². The summed E-state index contributed by atoms with van der Waals surface area (Å²) < 4.78 is 1.81. The van der Waals surface area contributed by atoms with E-state index in [1.807, 2.05) is 41.2 Å². The molecule has 0 bridgehead atoms. The summed E-state index contributed by atoms with van der Waals surface area (Å²) in [5.74, 6) is 0.0648. The minimum atomic E-state index is 0.0648. The van der Waals surface area contributed by atoms with Crippen molar-refractivity contribution in [2.45, 2.75) is 6.54 Å². The van der Waals surface area contributed by atoms with Gasteiger partial charge in [-0.15, -0.1) is 0 Å². The Morgan fingerprint density at radius 1 is 1.37 bits per heavy atom. The SMILES string of the molecule is CNCC(=O)N(C)Cc1cnn(-c2ccccc2)c1. The summed E-state index contributed by atoms with van der Waals surface area (Å²) in [6.45, 7) is 0.913. The predicted molar refractivity (Wildman–Crippen MR) is 74.0 cm³/mol. The first-order chi connectivity index (χ1) is 9.20. The number of nitrogens with zero attached hydrogens (tertiary/aromatic N) is 3. The molecule has 2 aromatic rings. The van der Waals surface area contributed by atoms with Gasteiger partial charge >= 0.3 is 0 Å². The summed E-state index contributed by atoms with van der Waals surface area (Å²) >= 11 is 0. The summed E-state index contributed by atoms with van der Waals surface area (Å²) in [6, 6.07) is 9.90. The van der Waals surface area contributed by atoms with Gasteiger partial charge in [0.25, 0.3) is 0 Å². The molecule has 2 rings (SSSR count). The fraction of sp³-hybridized carbons (Fsp3) is 0.286. The summed E-state index contributed by atoms with van der Waals surface area (Å²) in [5.41, 5.74) is 2.02.